The van der Waals surface area contributed by atoms with Gasteiger partial charge in [0.05, 0.1) is 12.3 Å². The fourth-order valence-electron chi connectivity index (χ4n) is 4.09. The molecule has 1 aliphatic rings. The van der Waals surface area contributed by atoms with Crippen LogP contribution in [0, 0.1) is 0 Å². The first-order valence-corrected chi connectivity index (χ1v) is 11.3. The fraction of sp³-hybridized carbons (Fsp3) is 0.346. The molecule has 1 saturated heterocycles. The van der Waals surface area contributed by atoms with E-state index in [4.69, 9.17) is 14.3 Å². The van der Waals surface area contributed by atoms with Crippen LogP contribution in [0.3, 0.4) is 0 Å². The molecule has 0 spiro atoms. The Bertz CT molecular complexity index is 1200. The molecule has 194 valence electrons. The van der Waals surface area contributed by atoms with E-state index in [0.717, 1.165) is 36.6 Å². The van der Waals surface area contributed by atoms with Crippen molar-refractivity contribution in [1.82, 2.24) is 9.88 Å². The van der Waals surface area contributed by atoms with Crippen LogP contribution in [0.15, 0.2) is 59.4 Å². The third kappa shape index (κ3) is 7.46. The molecule has 1 N–H and O–H groups in total. The molecule has 0 saturated carbocycles. The van der Waals surface area contributed by atoms with Crippen LogP contribution in [0.5, 0.6) is 0 Å². The van der Waals surface area contributed by atoms with Gasteiger partial charge in [-0.3, -0.25) is 9.80 Å². The number of pyridine rings is 1. The maximum absolute atomic E-state index is 13.2. The molecule has 2 aromatic heterocycles. The average Bonchev–Trinajstić information content (AvgIpc) is 3.41. The Morgan fingerprint density at radius 3 is 2.67 bits per heavy atom. The van der Waals surface area contributed by atoms with Gasteiger partial charge < -0.3 is 14.3 Å². The molecule has 0 bridgehead atoms. The number of likely N-dealkylation sites (tertiary alicyclic amines) is 1. The summed E-state index contributed by atoms with van der Waals surface area (Å²) < 4.78 is 11.1. The van der Waals surface area contributed by atoms with Crippen molar-refractivity contribution in [3.63, 3.8) is 0 Å². The Morgan fingerprint density at radius 1 is 1.22 bits per heavy atom. The van der Waals surface area contributed by atoms with Gasteiger partial charge in [0.2, 0.25) is 0 Å². The zero-order valence-electron chi connectivity index (χ0n) is 20.4. The van der Waals surface area contributed by atoms with E-state index in [1.54, 1.807) is 29.5 Å². The summed E-state index contributed by atoms with van der Waals surface area (Å²) in [6.45, 7) is 7.81. The summed E-state index contributed by atoms with van der Waals surface area (Å²) in [5.74, 6) is -0.550. The number of nitrogens with zero attached hydrogens (tertiary/aromatic N) is 3. The van der Waals surface area contributed by atoms with Crippen LogP contribution in [-0.2, 0) is 16.1 Å². The third-order valence-electron chi connectivity index (χ3n) is 5.56. The average molecular weight is 536 g/mol. The number of carboxylic acids is 1. The minimum absolute atomic E-state index is 0. The monoisotopic (exact) mass is 535 g/mol. The van der Waals surface area contributed by atoms with E-state index in [2.05, 4.69) is 22.0 Å². The molecular formula is C26H31Cl2N3O5. The highest BCUT2D eigenvalue weighted by Crippen LogP contribution is 2.26. The summed E-state index contributed by atoms with van der Waals surface area (Å²) in [6.07, 6.45) is 6.10. The van der Waals surface area contributed by atoms with Crippen molar-refractivity contribution in [3.05, 3.63) is 66.1 Å². The lowest BCUT2D eigenvalue weighted by molar-refractivity contribution is -0.131. The van der Waals surface area contributed by atoms with Crippen LogP contribution >= 0.6 is 24.8 Å². The van der Waals surface area contributed by atoms with Crippen molar-refractivity contribution in [3.8, 4) is 0 Å². The number of aromatic nitrogens is 1. The number of halogens is 2. The Balaban J connectivity index is 0.00000228. The minimum atomic E-state index is -1.03. The number of amides is 1. The van der Waals surface area contributed by atoms with Crippen molar-refractivity contribution in [2.24, 2.45) is 0 Å². The van der Waals surface area contributed by atoms with Crippen molar-refractivity contribution in [2.75, 3.05) is 18.0 Å². The van der Waals surface area contributed by atoms with E-state index in [9.17, 15) is 9.59 Å². The number of fused-ring (bicyclic) bond motifs is 1. The van der Waals surface area contributed by atoms with Crippen LogP contribution < -0.4 is 4.90 Å². The van der Waals surface area contributed by atoms with Gasteiger partial charge in [-0.05, 0) is 74.7 Å². The fourth-order valence-corrected chi connectivity index (χ4v) is 4.09. The smallest absolute Gasteiger partial charge is 0.416 e. The second-order valence-corrected chi connectivity index (χ2v) is 9.44. The van der Waals surface area contributed by atoms with Crippen molar-refractivity contribution in [1.29, 1.82) is 0 Å². The molecule has 10 heteroatoms. The summed E-state index contributed by atoms with van der Waals surface area (Å²) >= 11 is 0. The lowest BCUT2D eigenvalue weighted by Gasteiger charge is -2.31. The van der Waals surface area contributed by atoms with Crippen LogP contribution in [0.2, 0.25) is 0 Å². The van der Waals surface area contributed by atoms with Crippen LogP contribution in [0.25, 0.3) is 17.0 Å². The quantitative estimate of drug-likeness (QED) is 0.399. The Labute approximate surface area is 222 Å². The van der Waals surface area contributed by atoms with Gasteiger partial charge in [-0.1, -0.05) is 6.07 Å². The number of benzene rings is 1. The molecular weight excluding hydrogens is 505 g/mol. The van der Waals surface area contributed by atoms with Crippen LogP contribution in [-0.4, -0.2) is 51.8 Å². The lowest BCUT2D eigenvalue weighted by Crippen LogP contribution is -2.45. The van der Waals surface area contributed by atoms with Crippen molar-refractivity contribution >= 4 is 59.7 Å². The number of carbonyl (C=O) groups excluding carboxylic acids is 1. The zero-order valence-corrected chi connectivity index (χ0v) is 22.1. The van der Waals surface area contributed by atoms with Gasteiger partial charge in [0, 0.05) is 37.3 Å². The SMILES string of the molecule is CC(C)(C)OC(=O)N(c1ccc(/C=C/C(=O)O)cn1)[C@@H]1CCN(Cc2ccc3occc3c2)C1.Cl.Cl. The lowest BCUT2D eigenvalue weighted by atomic mass is 10.1. The summed E-state index contributed by atoms with van der Waals surface area (Å²) in [5, 5.41) is 9.90. The molecule has 0 aliphatic carbocycles. The summed E-state index contributed by atoms with van der Waals surface area (Å²) in [6, 6.07) is 11.5. The van der Waals surface area contributed by atoms with Crippen LogP contribution in [0.1, 0.15) is 38.3 Å². The normalized spacial score (nSPS) is 15.9. The van der Waals surface area contributed by atoms with Gasteiger partial charge >= 0.3 is 12.1 Å². The number of ether oxygens (including phenoxy) is 1. The highest BCUT2D eigenvalue weighted by molar-refractivity contribution is 5.88. The van der Waals surface area contributed by atoms with E-state index in [1.807, 2.05) is 32.9 Å². The highest BCUT2D eigenvalue weighted by atomic mass is 35.5. The summed E-state index contributed by atoms with van der Waals surface area (Å²) in [4.78, 5) is 32.3. The molecule has 0 radical (unpaired) electrons. The zero-order chi connectivity index (χ0) is 24.3. The number of carboxylic acid groups (broad SMARTS) is 1. The Hall–Kier alpha value is -3.07. The number of hydrogen-bond acceptors (Lipinski definition) is 6. The first-order chi connectivity index (χ1) is 16.2. The second kappa shape index (κ2) is 12.3. The molecule has 1 atom stereocenters. The van der Waals surface area contributed by atoms with E-state index in [0.29, 0.717) is 17.9 Å². The van der Waals surface area contributed by atoms with Gasteiger partial charge in [-0.15, -0.1) is 24.8 Å². The first kappa shape index (κ1) is 29.2. The van der Waals surface area contributed by atoms with Gasteiger partial charge in [0.25, 0.3) is 0 Å². The molecule has 8 nitrogen and oxygen atoms in total. The predicted molar refractivity (Wildman–Crippen MR) is 144 cm³/mol. The topological polar surface area (TPSA) is 96.1 Å². The van der Waals surface area contributed by atoms with E-state index in [-0.39, 0.29) is 30.9 Å². The van der Waals surface area contributed by atoms with Gasteiger partial charge in [-0.2, -0.15) is 0 Å². The number of hydrogen-bond donors (Lipinski definition) is 1. The molecule has 1 amide bonds. The molecule has 1 fully saturated rings. The molecule has 1 aliphatic heterocycles. The number of rotatable bonds is 6. The molecule has 0 unspecified atom stereocenters. The molecule has 1 aromatic carbocycles. The molecule has 36 heavy (non-hydrogen) atoms. The highest BCUT2D eigenvalue weighted by Gasteiger charge is 2.35. The van der Waals surface area contributed by atoms with Gasteiger partial charge in [0.1, 0.15) is 17.0 Å². The van der Waals surface area contributed by atoms with E-state index >= 15 is 0 Å². The number of carbonyl (C=O) groups is 2. The number of aliphatic carboxylic acids is 1. The maximum Gasteiger partial charge on any atom is 0.416 e. The minimum Gasteiger partial charge on any atom is -0.478 e. The van der Waals surface area contributed by atoms with Crippen LogP contribution in [0.4, 0.5) is 10.6 Å². The standard InChI is InChI=1S/C26H29N3O5.2ClH/c1-26(2,3)34-25(32)29(23-8-5-18(15-27-23)6-9-24(30)31)21-10-12-28(17-21)16-19-4-7-22-20(14-19)11-13-33-22;;/h4-9,11,13-15,21H,10,12,16-17H2,1-3H3,(H,30,31);2*1H/b9-6+;;/t21-;;/m1../s1. The predicted octanol–water partition coefficient (Wildman–Crippen LogP) is 5.79. The van der Waals surface area contributed by atoms with Crippen molar-refractivity contribution in [2.45, 2.75) is 45.4 Å². The maximum atomic E-state index is 13.2. The Morgan fingerprint density at radius 2 is 2.00 bits per heavy atom. The van der Waals surface area contributed by atoms with Gasteiger partial charge in [0.15, 0.2) is 0 Å². The van der Waals surface area contributed by atoms with E-state index < -0.39 is 17.7 Å². The number of furan rings is 1. The van der Waals surface area contributed by atoms with E-state index in [1.165, 1.54) is 11.6 Å². The number of anilines is 1. The van der Waals surface area contributed by atoms with Gasteiger partial charge in [-0.25, -0.2) is 14.6 Å². The van der Waals surface area contributed by atoms with Crippen molar-refractivity contribution < 1.29 is 23.8 Å². The third-order valence-corrected chi connectivity index (χ3v) is 5.56. The molecule has 3 heterocycles. The first-order valence-electron chi connectivity index (χ1n) is 11.3. The largest absolute Gasteiger partial charge is 0.478 e. The second-order valence-electron chi connectivity index (χ2n) is 9.44. The molecule has 3 aromatic rings. The summed E-state index contributed by atoms with van der Waals surface area (Å²) in [7, 11) is 0. The Kier molecular flexibility index (Phi) is 9.93. The summed E-state index contributed by atoms with van der Waals surface area (Å²) in [5.41, 5.74) is 2.05. The molecule has 4 rings (SSSR count).